The van der Waals surface area contributed by atoms with Gasteiger partial charge in [0.15, 0.2) is 0 Å². The Bertz CT molecular complexity index is 514. The lowest BCUT2D eigenvalue weighted by Crippen LogP contribution is -2.09. The second kappa shape index (κ2) is 4.93. The summed E-state index contributed by atoms with van der Waals surface area (Å²) in [4.78, 5) is 8.20. The second-order valence-corrected chi connectivity index (χ2v) is 3.78. The minimum Gasteiger partial charge on any atom is -0.383 e. The summed E-state index contributed by atoms with van der Waals surface area (Å²) in [6.07, 6.45) is 3.27. The number of aromatic nitrogens is 2. The highest BCUT2D eigenvalue weighted by atomic mass is 16.3. The fourth-order valence-electron chi connectivity index (χ4n) is 1.80. The molecular weight excluding hydrogens is 214 g/mol. The minimum atomic E-state index is -0.820. The highest BCUT2D eigenvalue weighted by Crippen LogP contribution is 2.26. The van der Waals surface area contributed by atoms with E-state index in [4.69, 9.17) is 5.73 Å². The number of nitrogens with two attached hydrogens (primary N) is 1. The van der Waals surface area contributed by atoms with Gasteiger partial charge in [0.25, 0.3) is 0 Å². The molecule has 0 aliphatic heterocycles. The smallest absolute Gasteiger partial charge is 0.129 e. The van der Waals surface area contributed by atoms with E-state index in [1.54, 1.807) is 24.5 Å². The zero-order valence-corrected chi connectivity index (χ0v) is 9.67. The number of hydrogen-bond acceptors (Lipinski definition) is 4. The van der Waals surface area contributed by atoms with Crippen molar-refractivity contribution in [2.45, 2.75) is 19.4 Å². The molecule has 0 saturated heterocycles. The van der Waals surface area contributed by atoms with Crippen LogP contribution in [0.15, 0.2) is 36.7 Å². The molecule has 2 aromatic heterocycles. The first-order valence-corrected chi connectivity index (χ1v) is 5.56. The zero-order valence-electron chi connectivity index (χ0n) is 9.67. The number of nitrogens with zero attached hydrogens (tertiary/aromatic N) is 2. The molecule has 2 heterocycles. The predicted octanol–water partition coefficient (Wildman–Crippen LogP) is 1.70. The van der Waals surface area contributed by atoms with E-state index in [2.05, 4.69) is 9.97 Å². The molecule has 2 aromatic rings. The summed E-state index contributed by atoms with van der Waals surface area (Å²) >= 11 is 0. The van der Waals surface area contributed by atoms with Gasteiger partial charge in [-0.15, -0.1) is 0 Å². The summed E-state index contributed by atoms with van der Waals surface area (Å²) in [7, 11) is 0. The number of nitrogen functional groups attached to an aromatic ring is 1. The first-order chi connectivity index (χ1) is 8.24. The molecule has 0 spiro atoms. The average molecular weight is 229 g/mol. The average Bonchev–Trinajstić information content (AvgIpc) is 2.38. The molecule has 0 aliphatic carbocycles. The summed E-state index contributed by atoms with van der Waals surface area (Å²) in [6.45, 7) is 2.03. The Morgan fingerprint density at radius 2 is 1.94 bits per heavy atom. The van der Waals surface area contributed by atoms with Gasteiger partial charge in [0.05, 0.1) is 5.69 Å². The normalized spacial score (nSPS) is 12.4. The first kappa shape index (κ1) is 11.5. The van der Waals surface area contributed by atoms with E-state index in [-0.39, 0.29) is 0 Å². The van der Waals surface area contributed by atoms with Crippen molar-refractivity contribution in [1.82, 2.24) is 9.97 Å². The van der Waals surface area contributed by atoms with Gasteiger partial charge in [-0.25, -0.2) is 4.98 Å². The molecular formula is C13H15N3O. The standard InChI is InChI=1S/C13H15N3O/c1-2-9-5-3-7-15-11(9)12(17)10-6-4-8-16-13(10)14/h3-8,12,17H,2H2,1H3,(H2,14,16). The van der Waals surface area contributed by atoms with Crippen LogP contribution < -0.4 is 5.73 Å². The van der Waals surface area contributed by atoms with Gasteiger partial charge in [0, 0.05) is 18.0 Å². The van der Waals surface area contributed by atoms with Crippen LogP contribution in [0.2, 0.25) is 0 Å². The zero-order chi connectivity index (χ0) is 12.3. The molecule has 1 atom stereocenters. The lowest BCUT2D eigenvalue weighted by molar-refractivity contribution is 0.214. The van der Waals surface area contributed by atoms with Crippen LogP contribution in [0.3, 0.4) is 0 Å². The van der Waals surface area contributed by atoms with E-state index in [0.29, 0.717) is 17.1 Å². The third-order valence-electron chi connectivity index (χ3n) is 2.73. The second-order valence-electron chi connectivity index (χ2n) is 3.78. The predicted molar refractivity (Wildman–Crippen MR) is 66.3 cm³/mol. The fourth-order valence-corrected chi connectivity index (χ4v) is 1.80. The lowest BCUT2D eigenvalue weighted by atomic mass is 10.0. The molecule has 3 N–H and O–H groups in total. The van der Waals surface area contributed by atoms with Crippen LogP contribution >= 0.6 is 0 Å². The molecule has 17 heavy (non-hydrogen) atoms. The quantitative estimate of drug-likeness (QED) is 0.840. The number of pyridine rings is 2. The van der Waals surface area contributed by atoms with Gasteiger partial charge in [0.1, 0.15) is 11.9 Å². The topological polar surface area (TPSA) is 72.0 Å². The minimum absolute atomic E-state index is 0.340. The number of aliphatic hydroxyl groups excluding tert-OH is 1. The van der Waals surface area contributed by atoms with E-state index in [1.165, 1.54) is 0 Å². The number of aryl methyl sites for hydroxylation is 1. The molecule has 4 nitrogen and oxygen atoms in total. The number of hydrogen-bond donors (Lipinski definition) is 2. The molecule has 0 aromatic carbocycles. The van der Waals surface area contributed by atoms with Crippen molar-refractivity contribution in [3.05, 3.63) is 53.5 Å². The lowest BCUT2D eigenvalue weighted by Gasteiger charge is -2.14. The van der Waals surface area contributed by atoms with E-state index in [0.717, 1.165) is 12.0 Å². The monoisotopic (exact) mass is 229 g/mol. The molecule has 1 unspecified atom stereocenters. The summed E-state index contributed by atoms with van der Waals surface area (Å²) in [5.74, 6) is 0.340. The first-order valence-electron chi connectivity index (χ1n) is 5.56. The number of aliphatic hydroxyl groups is 1. The van der Waals surface area contributed by atoms with E-state index >= 15 is 0 Å². The van der Waals surface area contributed by atoms with E-state index in [1.807, 2.05) is 19.1 Å². The maximum Gasteiger partial charge on any atom is 0.129 e. The Balaban J connectivity index is 2.44. The highest BCUT2D eigenvalue weighted by Gasteiger charge is 2.17. The van der Waals surface area contributed by atoms with Crippen molar-refractivity contribution >= 4 is 5.82 Å². The van der Waals surface area contributed by atoms with Crippen molar-refractivity contribution in [2.24, 2.45) is 0 Å². The molecule has 0 bridgehead atoms. The van der Waals surface area contributed by atoms with E-state index in [9.17, 15) is 5.11 Å². The highest BCUT2D eigenvalue weighted by molar-refractivity contribution is 5.44. The van der Waals surface area contributed by atoms with Crippen molar-refractivity contribution < 1.29 is 5.11 Å². The summed E-state index contributed by atoms with van der Waals surface area (Å²) in [5.41, 5.74) is 8.01. The van der Waals surface area contributed by atoms with Crippen LogP contribution in [0, 0.1) is 0 Å². The van der Waals surface area contributed by atoms with Crippen molar-refractivity contribution in [3.63, 3.8) is 0 Å². The Labute approximate surface area is 100 Å². The van der Waals surface area contributed by atoms with Gasteiger partial charge < -0.3 is 10.8 Å². The van der Waals surface area contributed by atoms with Crippen LogP contribution in [0.5, 0.6) is 0 Å². The molecule has 0 radical (unpaired) electrons. The fraction of sp³-hybridized carbons (Fsp3) is 0.231. The van der Waals surface area contributed by atoms with Crippen LogP contribution in [0.1, 0.15) is 29.8 Å². The molecule has 0 aliphatic rings. The van der Waals surface area contributed by atoms with E-state index < -0.39 is 6.10 Å². The molecule has 2 rings (SSSR count). The maximum atomic E-state index is 10.3. The van der Waals surface area contributed by atoms with Crippen LogP contribution in [-0.4, -0.2) is 15.1 Å². The van der Waals surface area contributed by atoms with Gasteiger partial charge in [-0.2, -0.15) is 0 Å². The SMILES string of the molecule is CCc1cccnc1C(O)c1cccnc1N. The Morgan fingerprint density at radius 1 is 1.24 bits per heavy atom. The third-order valence-corrected chi connectivity index (χ3v) is 2.73. The summed E-state index contributed by atoms with van der Waals surface area (Å²) in [6, 6.07) is 7.34. The van der Waals surface area contributed by atoms with Crippen LogP contribution in [0.4, 0.5) is 5.82 Å². The molecule has 0 fully saturated rings. The largest absolute Gasteiger partial charge is 0.383 e. The molecule has 0 saturated carbocycles. The van der Waals surface area contributed by atoms with Crippen molar-refractivity contribution in [2.75, 3.05) is 5.73 Å². The molecule has 4 heteroatoms. The number of rotatable bonds is 3. The summed E-state index contributed by atoms with van der Waals surface area (Å²) < 4.78 is 0. The maximum absolute atomic E-state index is 10.3. The van der Waals surface area contributed by atoms with Crippen molar-refractivity contribution in [1.29, 1.82) is 0 Å². The number of anilines is 1. The Kier molecular flexibility index (Phi) is 3.35. The molecule has 0 amide bonds. The summed E-state index contributed by atoms with van der Waals surface area (Å²) in [5, 5.41) is 10.3. The molecule has 88 valence electrons. The van der Waals surface area contributed by atoms with Crippen LogP contribution in [0.25, 0.3) is 0 Å². The van der Waals surface area contributed by atoms with Gasteiger partial charge in [-0.1, -0.05) is 19.1 Å². The third kappa shape index (κ3) is 2.26. The van der Waals surface area contributed by atoms with Gasteiger partial charge in [0.2, 0.25) is 0 Å². The Hall–Kier alpha value is -1.94. The van der Waals surface area contributed by atoms with Gasteiger partial charge >= 0.3 is 0 Å². The van der Waals surface area contributed by atoms with Crippen LogP contribution in [-0.2, 0) is 6.42 Å². The van der Waals surface area contributed by atoms with Gasteiger partial charge in [-0.3, -0.25) is 4.98 Å². The van der Waals surface area contributed by atoms with Crippen molar-refractivity contribution in [3.8, 4) is 0 Å². The Morgan fingerprint density at radius 3 is 2.65 bits per heavy atom. The van der Waals surface area contributed by atoms with Gasteiger partial charge in [-0.05, 0) is 24.1 Å².